The topological polar surface area (TPSA) is 61.7 Å². The number of aliphatic carboxylic acids is 1. The zero-order chi connectivity index (χ0) is 15.5. The summed E-state index contributed by atoms with van der Waals surface area (Å²) in [4.78, 5) is 15.0. The average Bonchev–Trinajstić information content (AvgIpc) is 2.41. The predicted molar refractivity (Wildman–Crippen MR) is 85.7 cm³/mol. The molecule has 0 radical (unpaired) electrons. The average molecular weight is 286 g/mol. The lowest BCUT2D eigenvalue weighted by Crippen LogP contribution is -2.28. The van der Waals surface area contributed by atoms with Crippen LogP contribution in [-0.4, -0.2) is 23.3 Å². The quantitative estimate of drug-likeness (QED) is 0.886. The van der Waals surface area contributed by atoms with Crippen LogP contribution in [0.4, 0.5) is 5.69 Å². The minimum Gasteiger partial charge on any atom is -0.480 e. The molecular formula is C17H22N2O2. The number of hydrogen-bond acceptors (Lipinski definition) is 3. The third kappa shape index (κ3) is 4.18. The van der Waals surface area contributed by atoms with Crippen molar-refractivity contribution in [1.29, 1.82) is 0 Å². The van der Waals surface area contributed by atoms with E-state index >= 15 is 0 Å². The molecule has 1 aromatic carbocycles. The Bertz CT molecular complexity index is 586. The highest BCUT2D eigenvalue weighted by Crippen LogP contribution is 2.37. The molecule has 112 valence electrons. The molecule has 0 saturated carbocycles. The fourth-order valence-corrected chi connectivity index (χ4v) is 2.60. The zero-order valence-corrected chi connectivity index (χ0v) is 12.8. The number of hydrogen-bond donors (Lipinski definition) is 2. The summed E-state index contributed by atoms with van der Waals surface area (Å²) >= 11 is 0. The van der Waals surface area contributed by atoms with Crippen LogP contribution in [0.2, 0.25) is 0 Å². The van der Waals surface area contributed by atoms with Crippen LogP contribution in [0.3, 0.4) is 0 Å². The van der Waals surface area contributed by atoms with Crippen LogP contribution < -0.4 is 5.32 Å². The molecule has 0 aliphatic heterocycles. The molecule has 0 spiro atoms. The number of carbonyl (C=O) groups is 1. The van der Waals surface area contributed by atoms with Crippen molar-refractivity contribution < 1.29 is 9.90 Å². The van der Waals surface area contributed by atoms with Gasteiger partial charge in [0.1, 0.15) is 6.54 Å². The highest BCUT2D eigenvalue weighted by Gasteiger charge is 2.29. The van der Waals surface area contributed by atoms with E-state index < -0.39 is 5.97 Å². The van der Waals surface area contributed by atoms with Crippen LogP contribution in [0, 0.1) is 5.41 Å². The smallest absolute Gasteiger partial charge is 0.325 e. The largest absolute Gasteiger partial charge is 0.480 e. The van der Waals surface area contributed by atoms with Gasteiger partial charge in [-0.3, -0.25) is 9.79 Å². The molecule has 0 unspecified atom stereocenters. The monoisotopic (exact) mass is 286 g/mol. The second-order valence-corrected chi connectivity index (χ2v) is 6.27. The number of allylic oxidation sites excluding steroid dienone is 2. The number of nitrogens with one attached hydrogen (secondary N) is 1. The van der Waals surface area contributed by atoms with E-state index in [0.29, 0.717) is 0 Å². The SMILES string of the molecule is CC1=C(Nc2ccccc2)CC(C)(C)CC1=NCC(=O)O. The van der Waals surface area contributed by atoms with E-state index in [-0.39, 0.29) is 12.0 Å². The second kappa shape index (κ2) is 6.12. The van der Waals surface area contributed by atoms with Crippen LogP contribution in [0.1, 0.15) is 33.6 Å². The number of anilines is 1. The number of aliphatic imine (C=N–C) groups is 1. The van der Waals surface area contributed by atoms with E-state index in [1.807, 2.05) is 37.3 Å². The van der Waals surface area contributed by atoms with E-state index in [4.69, 9.17) is 5.11 Å². The van der Waals surface area contributed by atoms with Gasteiger partial charge in [-0.1, -0.05) is 32.0 Å². The van der Waals surface area contributed by atoms with Gasteiger partial charge in [-0.25, -0.2) is 0 Å². The Hall–Kier alpha value is -2.10. The Labute approximate surface area is 125 Å². The number of para-hydroxylation sites is 1. The van der Waals surface area contributed by atoms with Crippen molar-refractivity contribution in [1.82, 2.24) is 0 Å². The summed E-state index contributed by atoms with van der Waals surface area (Å²) in [6, 6.07) is 10.0. The maximum Gasteiger partial charge on any atom is 0.325 e. The molecule has 21 heavy (non-hydrogen) atoms. The van der Waals surface area contributed by atoms with E-state index in [0.717, 1.165) is 35.5 Å². The third-order valence-corrected chi connectivity index (χ3v) is 3.66. The molecule has 4 heteroatoms. The molecule has 2 rings (SSSR count). The lowest BCUT2D eigenvalue weighted by atomic mass is 9.75. The number of nitrogens with zero attached hydrogens (tertiary/aromatic N) is 1. The molecule has 1 aromatic rings. The highest BCUT2D eigenvalue weighted by molar-refractivity contribution is 6.02. The van der Waals surface area contributed by atoms with Crippen LogP contribution in [-0.2, 0) is 4.79 Å². The molecular weight excluding hydrogens is 264 g/mol. The molecule has 4 nitrogen and oxygen atoms in total. The normalized spacial score (nSPS) is 19.7. The molecule has 1 aliphatic carbocycles. The Morgan fingerprint density at radius 3 is 2.57 bits per heavy atom. The van der Waals surface area contributed by atoms with Crippen molar-refractivity contribution >= 4 is 17.4 Å². The predicted octanol–water partition coefficient (Wildman–Crippen LogP) is 3.72. The minimum absolute atomic E-state index is 0.0773. The summed E-state index contributed by atoms with van der Waals surface area (Å²) < 4.78 is 0. The summed E-state index contributed by atoms with van der Waals surface area (Å²) in [7, 11) is 0. The van der Waals surface area contributed by atoms with Gasteiger partial charge in [0.15, 0.2) is 0 Å². The van der Waals surface area contributed by atoms with Crippen molar-refractivity contribution in [2.45, 2.75) is 33.6 Å². The number of carboxylic acids is 1. The molecule has 0 saturated heterocycles. The molecule has 0 bridgehead atoms. The first kappa shape index (κ1) is 15.3. The van der Waals surface area contributed by atoms with Crippen LogP contribution >= 0.6 is 0 Å². The van der Waals surface area contributed by atoms with Gasteiger partial charge in [-0.2, -0.15) is 0 Å². The summed E-state index contributed by atoms with van der Waals surface area (Å²) in [5, 5.41) is 12.3. The van der Waals surface area contributed by atoms with Crippen molar-refractivity contribution in [3.8, 4) is 0 Å². The van der Waals surface area contributed by atoms with Gasteiger partial charge in [0.25, 0.3) is 0 Å². The summed E-state index contributed by atoms with van der Waals surface area (Å²) in [6.45, 7) is 6.22. The molecule has 2 N–H and O–H groups in total. The van der Waals surface area contributed by atoms with Gasteiger partial charge >= 0.3 is 5.97 Å². The lowest BCUT2D eigenvalue weighted by Gasteiger charge is -2.34. The molecule has 0 amide bonds. The van der Waals surface area contributed by atoms with Crippen molar-refractivity contribution in [3.05, 3.63) is 41.6 Å². The van der Waals surface area contributed by atoms with Crippen molar-refractivity contribution in [2.75, 3.05) is 11.9 Å². The van der Waals surface area contributed by atoms with E-state index in [2.05, 4.69) is 24.2 Å². The first-order valence-corrected chi connectivity index (χ1v) is 7.15. The van der Waals surface area contributed by atoms with Crippen LogP contribution in [0.25, 0.3) is 0 Å². The van der Waals surface area contributed by atoms with Gasteiger partial charge in [0.05, 0.1) is 0 Å². The maximum absolute atomic E-state index is 10.7. The zero-order valence-electron chi connectivity index (χ0n) is 12.8. The molecule has 0 aromatic heterocycles. The molecule has 0 atom stereocenters. The standard InChI is InChI=1S/C17H22N2O2/c1-12-14(18-11-16(20)21)9-17(2,3)10-15(12)19-13-7-5-4-6-8-13/h4-8,19H,9-11H2,1-3H3,(H,20,21). The Morgan fingerprint density at radius 1 is 1.29 bits per heavy atom. The Balaban J connectivity index is 2.29. The van der Waals surface area contributed by atoms with Crippen molar-refractivity contribution in [2.24, 2.45) is 10.4 Å². The Kier molecular flexibility index (Phi) is 4.46. The van der Waals surface area contributed by atoms with E-state index in [1.165, 1.54) is 0 Å². The summed E-state index contributed by atoms with van der Waals surface area (Å²) in [5.74, 6) is -0.892. The number of carboxylic acid groups (broad SMARTS) is 1. The summed E-state index contributed by atoms with van der Waals surface area (Å²) in [6.07, 6.45) is 1.74. The first-order chi connectivity index (χ1) is 9.87. The van der Waals surface area contributed by atoms with Gasteiger partial charge in [0, 0.05) is 17.1 Å². The maximum atomic E-state index is 10.7. The number of rotatable bonds is 4. The molecule has 0 heterocycles. The van der Waals surface area contributed by atoms with Gasteiger partial charge in [-0.15, -0.1) is 0 Å². The van der Waals surface area contributed by atoms with Gasteiger partial charge < -0.3 is 10.4 Å². The first-order valence-electron chi connectivity index (χ1n) is 7.15. The second-order valence-electron chi connectivity index (χ2n) is 6.27. The van der Waals surface area contributed by atoms with Crippen molar-refractivity contribution in [3.63, 3.8) is 0 Å². The van der Waals surface area contributed by atoms with Crippen LogP contribution in [0.5, 0.6) is 0 Å². The fraction of sp³-hybridized carbons (Fsp3) is 0.412. The third-order valence-electron chi connectivity index (χ3n) is 3.66. The number of benzene rings is 1. The Morgan fingerprint density at radius 2 is 1.95 bits per heavy atom. The lowest BCUT2D eigenvalue weighted by molar-refractivity contribution is -0.135. The van der Waals surface area contributed by atoms with E-state index in [1.54, 1.807) is 0 Å². The molecule has 0 fully saturated rings. The van der Waals surface area contributed by atoms with Crippen LogP contribution in [0.15, 0.2) is 46.6 Å². The van der Waals surface area contributed by atoms with Gasteiger partial charge in [-0.05, 0) is 42.9 Å². The summed E-state index contributed by atoms with van der Waals surface area (Å²) in [5.41, 5.74) is 4.21. The fourth-order valence-electron chi connectivity index (χ4n) is 2.60. The molecule has 1 aliphatic rings. The van der Waals surface area contributed by atoms with Gasteiger partial charge in [0.2, 0.25) is 0 Å². The van der Waals surface area contributed by atoms with E-state index in [9.17, 15) is 4.79 Å². The minimum atomic E-state index is -0.892. The highest BCUT2D eigenvalue weighted by atomic mass is 16.4.